The number of rotatable bonds is 8. The molecule has 0 bridgehead atoms. The second kappa shape index (κ2) is 11.2. The highest BCUT2D eigenvalue weighted by Crippen LogP contribution is 2.28. The van der Waals surface area contributed by atoms with Crippen molar-refractivity contribution in [3.8, 4) is 17.2 Å². The summed E-state index contributed by atoms with van der Waals surface area (Å²) in [5.41, 5.74) is 2.25. The van der Waals surface area contributed by atoms with E-state index in [9.17, 15) is 17.6 Å². The molecule has 0 saturated carbocycles. The third kappa shape index (κ3) is 6.76. The minimum Gasteiger partial charge on any atom is -0.457 e. The fourth-order valence-corrected chi connectivity index (χ4v) is 4.44. The molecule has 210 valence electrons. The summed E-state index contributed by atoms with van der Waals surface area (Å²) in [4.78, 5) is 21.1. The molecule has 5 rings (SSSR count). The van der Waals surface area contributed by atoms with Crippen molar-refractivity contribution in [2.75, 3.05) is 21.6 Å². The van der Waals surface area contributed by atoms with E-state index >= 15 is 0 Å². The zero-order valence-electron chi connectivity index (χ0n) is 22.3. The van der Waals surface area contributed by atoms with Crippen LogP contribution in [-0.2, 0) is 10.0 Å². The molecule has 0 spiro atoms. The van der Waals surface area contributed by atoms with E-state index < -0.39 is 21.9 Å². The van der Waals surface area contributed by atoms with Crippen LogP contribution in [0, 0.1) is 5.82 Å². The van der Waals surface area contributed by atoms with E-state index in [1.165, 1.54) is 30.5 Å². The lowest BCUT2D eigenvalue weighted by atomic mass is 10.1. The number of nitrogens with one attached hydrogen (secondary N) is 3. The van der Waals surface area contributed by atoms with Gasteiger partial charge >= 0.3 is 6.03 Å². The van der Waals surface area contributed by atoms with Crippen LogP contribution >= 0.6 is 0 Å². The SMILES string of the molecule is CC(C)c1cc(NC(=O)Nc2ccc(Oc3ccnc(NS(C)(=O)=O)c3)cc2F)n(-c2ccc3ncccc3c2)n1. The van der Waals surface area contributed by atoms with Gasteiger partial charge in [-0.15, -0.1) is 0 Å². The van der Waals surface area contributed by atoms with Crippen molar-refractivity contribution in [1.29, 1.82) is 0 Å². The van der Waals surface area contributed by atoms with E-state index in [2.05, 4.69) is 30.4 Å². The minimum absolute atomic E-state index is 0.0562. The van der Waals surface area contributed by atoms with E-state index in [4.69, 9.17) is 4.74 Å². The van der Waals surface area contributed by atoms with Gasteiger partial charge in [0.15, 0.2) is 0 Å². The number of amides is 2. The van der Waals surface area contributed by atoms with Crippen LogP contribution in [-0.4, -0.2) is 40.5 Å². The van der Waals surface area contributed by atoms with Gasteiger partial charge in [-0.2, -0.15) is 5.10 Å². The molecule has 0 saturated heterocycles. The summed E-state index contributed by atoms with van der Waals surface area (Å²) in [6, 6.07) is 17.3. The summed E-state index contributed by atoms with van der Waals surface area (Å²) in [6.07, 6.45) is 4.07. The summed E-state index contributed by atoms with van der Waals surface area (Å²) in [6.45, 7) is 3.99. The Morgan fingerprint density at radius 3 is 2.51 bits per heavy atom. The molecule has 3 N–H and O–H groups in total. The van der Waals surface area contributed by atoms with Crippen LogP contribution in [0.3, 0.4) is 0 Å². The zero-order valence-corrected chi connectivity index (χ0v) is 23.1. The number of aromatic nitrogens is 4. The van der Waals surface area contributed by atoms with Crippen molar-refractivity contribution in [3.05, 3.63) is 90.6 Å². The van der Waals surface area contributed by atoms with Crippen molar-refractivity contribution in [3.63, 3.8) is 0 Å². The van der Waals surface area contributed by atoms with Gasteiger partial charge in [0.2, 0.25) is 10.0 Å². The monoisotopic (exact) mass is 575 g/mol. The number of benzene rings is 2. The quantitative estimate of drug-likeness (QED) is 0.210. The van der Waals surface area contributed by atoms with Gasteiger partial charge in [-0.05, 0) is 48.4 Å². The number of carbonyl (C=O) groups is 1. The van der Waals surface area contributed by atoms with Gasteiger partial charge in [0, 0.05) is 36.0 Å². The van der Waals surface area contributed by atoms with Crippen molar-refractivity contribution in [2.45, 2.75) is 19.8 Å². The molecule has 0 radical (unpaired) electrons. The van der Waals surface area contributed by atoms with Crippen LogP contribution in [0.15, 0.2) is 79.1 Å². The van der Waals surface area contributed by atoms with Gasteiger partial charge in [-0.25, -0.2) is 27.3 Å². The largest absolute Gasteiger partial charge is 0.457 e. The zero-order chi connectivity index (χ0) is 29.1. The molecule has 0 atom stereocenters. The van der Waals surface area contributed by atoms with Crippen molar-refractivity contribution >= 4 is 44.3 Å². The number of fused-ring (bicyclic) bond motifs is 1. The first kappa shape index (κ1) is 27.5. The minimum atomic E-state index is -3.53. The molecule has 3 aromatic heterocycles. The van der Waals surface area contributed by atoms with Crippen LogP contribution in [0.2, 0.25) is 0 Å². The molecule has 0 aliphatic carbocycles. The van der Waals surface area contributed by atoms with E-state index in [0.29, 0.717) is 5.82 Å². The second-order valence-corrected chi connectivity index (χ2v) is 11.2. The summed E-state index contributed by atoms with van der Waals surface area (Å²) in [7, 11) is -3.53. The summed E-state index contributed by atoms with van der Waals surface area (Å²) >= 11 is 0. The predicted octanol–water partition coefficient (Wildman–Crippen LogP) is 5.89. The smallest absolute Gasteiger partial charge is 0.324 e. The maximum atomic E-state index is 14.9. The Balaban J connectivity index is 1.32. The molecule has 11 nitrogen and oxygen atoms in total. The van der Waals surface area contributed by atoms with Crippen LogP contribution in [0.25, 0.3) is 16.6 Å². The Labute approximate surface area is 235 Å². The van der Waals surface area contributed by atoms with Crippen molar-refractivity contribution < 1.29 is 22.3 Å². The van der Waals surface area contributed by atoms with E-state index in [0.717, 1.165) is 34.6 Å². The number of carbonyl (C=O) groups excluding carboxylic acids is 1. The fourth-order valence-electron chi connectivity index (χ4n) is 3.95. The first-order chi connectivity index (χ1) is 19.5. The molecule has 0 unspecified atom stereocenters. The number of hydrogen-bond donors (Lipinski definition) is 3. The number of hydrogen-bond acceptors (Lipinski definition) is 7. The summed E-state index contributed by atoms with van der Waals surface area (Å²) in [5.74, 6) is 0.204. The Bertz CT molecular complexity index is 1860. The molecule has 5 aromatic rings. The first-order valence-electron chi connectivity index (χ1n) is 12.5. The lowest BCUT2D eigenvalue weighted by Crippen LogP contribution is -2.22. The molecule has 3 heterocycles. The van der Waals surface area contributed by atoms with Crippen molar-refractivity contribution in [1.82, 2.24) is 19.7 Å². The highest BCUT2D eigenvalue weighted by atomic mass is 32.2. The number of halogens is 1. The van der Waals surface area contributed by atoms with Gasteiger partial charge < -0.3 is 10.1 Å². The predicted molar refractivity (Wildman–Crippen MR) is 155 cm³/mol. The van der Waals surface area contributed by atoms with Crippen LogP contribution in [0.5, 0.6) is 11.5 Å². The Morgan fingerprint density at radius 2 is 1.76 bits per heavy atom. The van der Waals surface area contributed by atoms with Crippen LogP contribution in [0.1, 0.15) is 25.5 Å². The van der Waals surface area contributed by atoms with E-state index in [1.54, 1.807) is 16.9 Å². The Morgan fingerprint density at radius 1 is 0.951 bits per heavy atom. The number of pyridine rings is 2. The van der Waals surface area contributed by atoms with Gasteiger partial charge in [-0.1, -0.05) is 19.9 Å². The third-order valence-corrected chi connectivity index (χ3v) is 6.42. The molecular formula is C28H26FN7O4S. The van der Waals surface area contributed by atoms with Gasteiger partial charge in [0.05, 0.1) is 28.8 Å². The lowest BCUT2D eigenvalue weighted by molar-refractivity contribution is 0.262. The van der Waals surface area contributed by atoms with E-state index in [-0.39, 0.29) is 28.9 Å². The number of anilines is 3. The van der Waals surface area contributed by atoms with Gasteiger partial charge in [0.1, 0.15) is 29.0 Å². The first-order valence-corrected chi connectivity index (χ1v) is 14.4. The van der Waals surface area contributed by atoms with Crippen LogP contribution in [0.4, 0.5) is 26.5 Å². The average Bonchev–Trinajstić information content (AvgIpc) is 3.33. The standard InChI is InChI=1S/C28H26FN7O4S/c1-17(2)25-16-27(36(34-25)19-6-8-23-18(13-19)5-4-11-30-23)33-28(37)32-24-9-7-20(14-22(24)29)40-21-10-12-31-26(15-21)35-41(3,38)39/h4-17H,1-3H3,(H,31,35)(H2,32,33,37). The molecule has 0 aliphatic rings. The lowest BCUT2D eigenvalue weighted by Gasteiger charge is -2.12. The number of urea groups is 1. The normalized spacial score (nSPS) is 11.4. The fraction of sp³-hybridized carbons (Fsp3) is 0.143. The summed E-state index contributed by atoms with van der Waals surface area (Å²) < 4.78 is 47.3. The highest BCUT2D eigenvalue weighted by molar-refractivity contribution is 7.92. The third-order valence-electron chi connectivity index (χ3n) is 5.84. The topological polar surface area (TPSA) is 140 Å². The van der Waals surface area contributed by atoms with Crippen LogP contribution < -0.4 is 20.1 Å². The number of sulfonamides is 1. The molecule has 41 heavy (non-hydrogen) atoms. The maximum Gasteiger partial charge on any atom is 0.324 e. The second-order valence-electron chi connectivity index (χ2n) is 9.48. The molecule has 2 amide bonds. The Hall–Kier alpha value is -5.04. The van der Waals surface area contributed by atoms with Gasteiger partial charge in [0.25, 0.3) is 0 Å². The number of nitrogens with zero attached hydrogens (tertiary/aromatic N) is 4. The highest BCUT2D eigenvalue weighted by Gasteiger charge is 2.16. The maximum absolute atomic E-state index is 14.9. The van der Waals surface area contributed by atoms with E-state index in [1.807, 2.05) is 44.2 Å². The Kier molecular flexibility index (Phi) is 7.53. The molecule has 0 aliphatic heterocycles. The molecular weight excluding hydrogens is 549 g/mol. The van der Waals surface area contributed by atoms with Crippen molar-refractivity contribution in [2.24, 2.45) is 0 Å². The molecule has 2 aromatic carbocycles. The average molecular weight is 576 g/mol. The summed E-state index contributed by atoms with van der Waals surface area (Å²) in [5, 5.41) is 10.9. The number of ether oxygens (including phenoxy) is 1. The molecule has 13 heteroatoms. The molecule has 0 fully saturated rings. The van der Waals surface area contributed by atoms with Gasteiger partial charge in [-0.3, -0.25) is 15.0 Å².